The molecule has 0 aliphatic heterocycles. The fraction of sp³-hybridized carbons (Fsp3) is 0.381. The summed E-state index contributed by atoms with van der Waals surface area (Å²) in [4.78, 5) is 14.6. The highest BCUT2D eigenvalue weighted by Gasteiger charge is 2.27. The smallest absolute Gasteiger partial charge is 0.322 e. The molecule has 0 spiro atoms. The van der Waals surface area contributed by atoms with Crippen molar-refractivity contribution in [2.24, 2.45) is 0 Å². The van der Waals surface area contributed by atoms with E-state index in [1.807, 2.05) is 70.2 Å². The quantitative estimate of drug-likeness (QED) is 0.830. The molecule has 0 aromatic heterocycles. The number of ether oxygens (including phenoxy) is 2. The minimum Gasteiger partial charge on any atom is -0.493 e. The van der Waals surface area contributed by atoms with Crippen LogP contribution in [0.2, 0.25) is 0 Å². The van der Waals surface area contributed by atoms with E-state index in [9.17, 15) is 4.79 Å². The highest BCUT2D eigenvalue weighted by molar-refractivity contribution is 5.92. The van der Waals surface area contributed by atoms with E-state index in [-0.39, 0.29) is 6.03 Å². The number of amides is 2. The van der Waals surface area contributed by atoms with E-state index in [0.29, 0.717) is 18.0 Å². The minimum absolute atomic E-state index is 0.141. The van der Waals surface area contributed by atoms with Crippen molar-refractivity contribution in [3.63, 3.8) is 0 Å². The number of carbonyl (C=O) groups excluding carboxylic acids is 1. The average Bonchev–Trinajstić information content (AvgIpc) is 2.61. The third-order valence-electron chi connectivity index (χ3n) is 4.40. The summed E-state index contributed by atoms with van der Waals surface area (Å²) in [6, 6.07) is 13.5. The molecule has 140 valence electrons. The Kier molecular flexibility index (Phi) is 6.14. The van der Waals surface area contributed by atoms with Gasteiger partial charge in [-0.05, 0) is 63.1 Å². The van der Waals surface area contributed by atoms with Gasteiger partial charge in [-0.1, -0.05) is 18.2 Å². The Hall–Kier alpha value is -2.69. The first kappa shape index (κ1) is 19.6. The van der Waals surface area contributed by atoms with Crippen molar-refractivity contribution in [1.29, 1.82) is 0 Å². The molecule has 0 fully saturated rings. The number of methoxy groups -OCH3 is 2. The average molecular weight is 356 g/mol. The van der Waals surface area contributed by atoms with Crippen LogP contribution in [0.25, 0.3) is 0 Å². The van der Waals surface area contributed by atoms with Crippen molar-refractivity contribution >= 4 is 11.7 Å². The van der Waals surface area contributed by atoms with Crippen LogP contribution in [-0.4, -0.2) is 26.8 Å². The Morgan fingerprint density at radius 1 is 1.08 bits per heavy atom. The number of rotatable bonds is 6. The topological polar surface area (TPSA) is 50.8 Å². The van der Waals surface area contributed by atoms with Crippen molar-refractivity contribution in [1.82, 2.24) is 5.32 Å². The Balaban J connectivity index is 2.25. The SMILES string of the molecule is CCN(C(=O)NC(C)(C)c1ccc(OC)c(OC)c1)c1cccc(C)c1. The van der Waals surface area contributed by atoms with Crippen molar-refractivity contribution in [3.8, 4) is 11.5 Å². The molecule has 0 saturated heterocycles. The molecular formula is C21H28N2O3. The molecule has 5 nitrogen and oxygen atoms in total. The second-order valence-corrected chi connectivity index (χ2v) is 6.71. The number of aryl methyl sites for hydroxylation is 1. The largest absolute Gasteiger partial charge is 0.493 e. The van der Waals surface area contributed by atoms with Gasteiger partial charge < -0.3 is 14.8 Å². The lowest BCUT2D eigenvalue weighted by atomic mass is 9.94. The Labute approximate surface area is 155 Å². The van der Waals surface area contributed by atoms with Gasteiger partial charge in [0.25, 0.3) is 0 Å². The third-order valence-corrected chi connectivity index (χ3v) is 4.40. The summed E-state index contributed by atoms with van der Waals surface area (Å²) in [5.74, 6) is 1.30. The maximum absolute atomic E-state index is 12.9. The van der Waals surface area contributed by atoms with Gasteiger partial charge in [0.15, 0.2) is 11.5 Å². The lowest BCUT2D eigenvalue weighted by Gasteiger charge is -2.31. The number of nitrogens with zero attached hydrogens (tertiary/aromatic N) is 1. The van der Waals surface area contributed by atoms with Gasteiger partial charge in [0, 0.05) is 12.2 Å². The zero-order valence-electron chi connectivity index (χ0n) is 16.4. The number of hydrogen-bond acceptors (Lipinski definition) is 3. The fourth-order valence-corrected chi connectivity index (χ4v) is 2.87. The zero-order chi connectivity index (χ0) is 19.3. The molecule has 0 radical (unpaired) electrons. The van der Waals surface area contributed by atoms with Gasteiger partial charge in [-0.25, -0.2) is 4.79 Å². The van der Waals surface area contributed by atoms with Gasteiger partial charge in [0.2, 0.25) is 0 Å². The Morgan fingerprint density at radius 3 is 2.35 bits per heavy atom. The van der Waals surface area contributed by atoms with Crippen LogP contribution in [0.1, 0.15) is 31.9 Å². The van der Waals surface area contributed by atoms with E-state index in [1.54, 1.807) is 19.1 Å². The molecule has 2 amide bonds. The maximum atomic E-state index is 12.9. The summed E-state index contributed by atoms with van der Waals surface area (Å²) in [6.45, 7) is 8.50. The molecule has 0 bridgehead atoms. The maximum Gasteiger partial charge on any atom is 0.322 e. The Bertz CT molecular complexity index is 772. The van der Waals surface area contributed by atoms with Gasteiger partial charge in [-0.3, -0.25) is 4.90 Å². The van der Waals surface area contributed by atoms with E-state index in [4.69, 9.17) is 9.47 Å². The first-order chi connectivity index (χ1) is 12.3. The van der Waals surface area contributed by atoms with E-state index in [1.165, 1.54) is 0 Å². The summed E-state index contributed by atoms with van der Waals surface area (Å²) in [6.07, 6.45) is 0. The highest BCUT2D eigenvalue weighted by atomic mass is 16.5. The molecule has 0 saturated carbocycles. The van der Waals surface area contributed by atoms with Crippen molar-refractivity contribution in [2.45, 2.75) is 33.2 Å². The van der Waals surface area contributed by atoms with Gasteiger partial charge in [0.1, 0.15) is 0 Å². The molecule has 0 heterocycles. The normalized spacial score (nSPS) is 11.0. The predicted octanol–water partition coefficient (Wildman–Crippen LogP) is 4.48. The fourth-order valence-electron chi connectivity index (χ4n) is 2.87. The number of hydrogen-bond donors (Lipinski definition) is 1. The molecule has 0 unspecified atom stereocenters. The van der Waals surface area contributed by atoms with Crippen LogP contribution in [0, 0.1) is 6.92 Å². The molecule has 5 heteroatoms. The highest BCUT2D eigenvalue weighted by Crippen LogP contribution is 2.32. The molecule has 2 aromatic carbocycles. The van der Waals surface area contributed by atoms with Gasteiger partial charge >= 0.3 is 6.03 Å². The molecule has 0 aliphatic carbocycles. The number of anilines is 1. The summed E-state index contributed by atoms with van der Waals surface area (Å²) >= 11 is 0. The predicted molar refractivity (Wildman–Crippen MR) is 105 cm³/mol. The molecule has 0 atom stereocenters. The van der Waals surface area contributed by atoms with E-state index >= 15 is 0 Å². The third kappa shape index (κ3) is 4.28. The second kappa shape index (κ2) is 8.13. The van der Waals surface area contributed by atoms with Gasteiger partial charge in [0.05, 0.1) is 19.8 Å². The van der Waals surface area contributed by atoms with Crippen LogP contribution in [0.4, 0.5) is 10.5 Å². The summed E-state index contributed by atoms with van der Waals surface area (Å²) in [5, 5.41) is 3.12. The number of benzene rings is 2. The summed E-state index contributed by atoms with van der Waals surface area (Å²) < 4.78 is 10.7. The molecule has 1 N–H and O–H groups in total. The first-order valence-electron chi connectivity index (χ1n) is 8.71. The number of carbonyl (C=O) groups is 1. The van der Waals surface area contributed by atoms with Crippen LogP contribution in [-0.2, 0) is 5.54 Å². The summed E-state index contributed by atoms with van der Waals surface area (Å²) in [7, 11) is 3.20. The minimum atomic E-state index is -0.576. The van der Waals surface area contributed by atoms with Crippen LogP contribution >= 0.6 is 0 Å². The first-order valence-corrected chi connectivity index (χ1v) is 8.71. The number of urea groups is 1. The van der Waals surface area contributed by atoms with E-state index in [0.717, 1.165) is 16.8 Å². The van der Waals surface area contributed by atoms with Gasteiger partial charge in [-0.2, -0.15) is 0 Å². The van der Waals surface area contributed by atoms with Crippen molar-refractivity contribution in [2.75, 3.05) is 25.7 Å². The monoisotopic (exact) mass is 356 g/mol. The Morgan fingerprint density at radius 2 is 1.77 bits per heavy atom. The lowest BCUT2D eigenvalue weighted by molar-refractivity contribution is 0.236. The van der Waals surface area contributed by atoms with Crippen molar-refractivity contribution < 1.29 is 14.3 Å². The zero-order valence-corrected chi connectivity index (χ0v) is 16.4. The van der Waals surface area contributed by atoms with Crippen LogP contribution in [0.15, 0.2) is 42.5 Å². The lowest BCUT2D eigenvalue weighted by Crippen LogP contribution is -2.48. The molecule has 26 heavy (non-hydrogen) atoms. The number of nitrogens with one attached hydrogen (secondary N) is 1. The molecule has 2 aromatic rings. The summed E-state index contributed by atoms with van der Waals surface area (Å²) in [5.41, 5.74) is 2.36. The van der Waals surface area contributed by atoms with E-state index < -0.39 is 5.54 Å². The van der Waals surface area contributed by atoms with Crippen LogP contribution < -0.4 is 19.7 Å². The van der Waals surface area contributed by atoms with Gasteiger partial charge in [-0.15, -0.1) is 0 Å². The van der Waals surface area contributed by atoms with Crippen molar-refractivity contribution in [3.05, 3.63) is 53.6 Å². The molecule has 0 aliphatic rings. The van der Waals surface area contributed by atoms with E-state index in [2.05, 4.69) is 5.32 Å². The standard InChI is InChI=1S/C21H28N2O3/c1-7-23(17-10-8-9-15(2)13-17)20(24)22-21(3,4)16-11-12-18(25-5)19(14-16)26-6/h8-14H,7H2,1-6H3,(H,22,24). The molecular weight excluding hydrogens is 328 g/mol. The van der Waals surface area contributed by atoms with Crippen LogP contribution in [0.3, 0.4) is 0 Å². The van der Waals surface area contributed by atoms with Crippen LogP contribution in [0.5, 0.6) is 11.5 Å². The second-order valence-electron chi connectivity index (χ2n) is 6.71. The molecule has 2 rings (SSSR count).